The van der Waals surface area contributed by atoms with E-state index in [2.05, 4.69) is 21.2 Å². The van der Waals surface area contributed by atoms with Gasteiger partial charge in [0.05, 0.1) is 5.56 Å². The Morgan fingerprint density at radius 2 is 2.33 bits per heavy atom. The van der Waals surface area contributed by atoms with Gasteiger partial charge in [-0.3, -0.25) is 4.79 Å². The molecule has 1 saturated heterocycles. The third-order valence-electron chi connectivity index (χ3n) is 3.64. The summed E-state index contributed by atoms with van der Waals surface area (Å²) in [6.07, 6.45) is 2.36. The molecule has 1 heterocycles. The van der Waals surface area contributed by atoms with Crippen LogP contribution in [0.1, 0.15) is 23.2 Å². The summed E-state index contributed by atoms with van der Waals surface area (Å²) in [6, 6.07) is 6.00. The summed E-state index contributed by atoms with van der Waals surface area (Å²) in [5, 5.41) is 3.44. The SMILES string of the molecule is NC(=O)c1cc(Br)ccc1OC1CCNC2C[C@H]21. The molecule has 2 fully saturated rings. The molecule has 96 valence electrons. The Kier molecular flexibility index (Phi) is 3.03. The number of carbonyl (C=O) groups is 1. The van der Waals surface area contributed by atoms with E-state index in [-0.39, 0.29) is 6.10 Å². The van der Waals surface area contributed by atoms with Gasteiger partial charge in [-0.2, -0.15) is 0 Å². The number of piperidine rings is 1. The molecule has 0 radical (unpaired) electrons. The van der Waals surface area contributed by atoms with Crippen molar-refractivity contribution < 1.29 is 9.53 Å². The zero-order valence-corrected chi connectivity index (χ0v) is 11.4. The lowest BCUT2D eigenvalue weighted by Crippen LogP contribution is -2.36. The molecule has 3 rings (SSSR count). The number of carbonyl (C=O) groups excluding carboxylic acids is 1. The highest BCUT2D eigenvalue weighted by Gasteiger charge is 2.46. The number of hydrogen-bond donors (Lipinski definition) is 2. The molecule has 1 aromatic rings. The van der Waals surface area contributed by atoms with Crippen LogP contribution in [-0.2, 0) is 0 Å². The van der Waals surface area contributed by atoms with Crippen LogP contribution in [0.5, 0.6) is 5.75 Å². The van der Waals surface area contributed by atoms with E-state index in [0.29, 0.717) is 23.3 Å². The van der Waals surface area contributed by atoms with Crippen molar-refractivity contribution >= 4 is 21.8 Å². The van der Waals surface area contributed by atoms with Crippen LogP contribution in [0.4, 0.5) is 0 Å². The quantitative estimate of drug-likeness (QED) is 0.892. The van der Waals surface area contributed by atoms with Crippen molar-refractivity contribution in [3.63, 3.8) is 0 Å². The molecule has 0 spiro atoms. The summed E-state index contributed by atoms with van der Waals surface area (Å²) in [4.78, 5) is 11.4. The predicted octanol–water partition coefficient (Wildman–Crippen LogP) is 1.68. The molecule has 0 aromatic heterocycles. The van der Waals surface area contributed by atoms with Gasteiger partial charge in [-0.25, -0.2) is 0 Å². The Morgan fingerprint density at radius 3 is 3.11 bits per heavy atom. The fourth-order valence-electron chi connectivity index (χ4n) is 2.59. The second-order valence-corrected chi connectivity index (χ2v) is 5.83. The Labute approximate surface area is 114 Å². The van der Waals surface area contributed by atoms with Crippen molar-refractivity contribution in [2.24, 2.45) is 11.7 Å². The summed E-state index contributed by atoms with van der Waals surface area (Å²) in [5.41, 5.74) is 5.83. The molecule has 1 aliphatic carbocycles. The summed E-state index contributed by atoms with van der Waals surface area (Å²) in [5.74, 6) is 0.735. The average Bonchev–Trinajstić information content (AvgIpc) is 3.11. The molecule has 18 heavy (non-hydrogen) atoms. The smallest absolute Gasteiger partial charge is 0.252 e. The van der Waals surface area contributed by atoms with E-state index in [1.165, 1.54) is 6.42 Å². The zero-order chi connectivity index (χ0) is 12.7. The number of halogens is 1. The Hall–Kier alpha value is -1.07. The molecule has 5 heteroatoms. The van der Waals surface area contributed by atoms with Gasteiger partial charge in [-0.15, -0.1) is 0 Å². The van der Waals surface area contributed by atoms with Crippen LogP contribution in [0.2, 0.25) is 0 Å². The average molecular weight is 311 g/mol. The van der Waals surface area contributed by atoms with Crippen LogP contribution < -0.4 is 15.8 Å². The van der Waals surface area contributed by atoms with Crippen LogP contribution in [-0.4, -0.2) is 24.6 Å². The number of benzene rings is 1. The number of nitrogens with one attached hydrogen (secondary N) is 1. The van der Waals surface area contributed by atoms with Crippen molar-refractivity contribution in [1.82, 2.24) is 5.32 Å². The number of ether oxygens (including phenoxy) is 1. The van der Waals surface area contributed by atoms with Gasteiger partial charge in [0, 0.05) is 16.4 Å². The summed E-state index contributed by atoms with van der Waals surface area (Å²) in [6.45, 7) is 0.980. The third-order valence-corrected chi connectivity index (χ3v) is 4.13. The maximum absolute atomic E-state index is 11.4. The molecular weight excluding hydrogens is 296 g/mol. The van der Waals surface area contributed by atoms with Crippen molar-refractivity contribution in [1.29, 1.82) is 0 Å². The summed E-state index contributed by atoms with van der Waals surface area (Å²) >= 11 is 3.34. The van der Waals surface area contributed by atoms with Crippen LogP contribution in [0.15, 0.2) is 22.7 Å². The largest absolute Gasteiger partial charge is 0.489 e. The lowest BCUT2D eigenvalue weighted by molar-refractivity contribution is 0.0986. The van der Waals surface area contributed by atoms with E-state index in [9.17, 15) is 4.79 Å². The molecule has 0 bridgehead atoms. The van der Waals surface area contributed by atoms with E-state index < -0.39 is 5.91 Å². The number of nitrogens with two attached hydrogens (primary N) is 1. The second-order valence-electron chi connectivity index (χ2n) is 4.91. The molecule has 1 aromatic carbocycles. The van der Waals surface area contributed by atoms with Gasteiger partial charge in [0.1, 0.15) is 11.9 Å². The number of hydrogen-bond acceptors (Lipinski definition) is 3. The lowest BCUT2D eigenvalue weighted by atomic mass is 10.1. The molecule has 2 aliphatic rings. The van der Waals surface area contributed by atoms with Gasteiger partial charge in [-0.05, 0) is 37.6 Å². The minimum absolute atomic E-state index is 0.204. The predicted molar refractivity (Wildman–Crippen MR) is 71.6 cm³/mol. The second kappa shape index (κ2) is 4.55. The first-order valence-electron chi connectivity index (χ1n) is 6.14. The fourth-order valence-corrected chi connectivity index (χ4v) is 2.95. The monoisotopic (exact) mass is 310 g/mol. The Bertz CT molecular complexity index is 492. The highest BCUT2D eigenvalue weighted by Crippen LogP contribution is 2.40. The van der Waals surface area contributed by atoms with Gasteiger partial charge in [0.15, 0.2) is 0 Å². The molecule has 1 saturated carbocycles. The third kappa shape index (κ3) is 2.24. The van der Waals surface area contributed by atoms with Crippen LogP contribution in [0, 0.1) is 5.92 Å². The van der Waals surface area contributed by atoms with Crippen LogP contribution in [0.3, 0.4) is 0 Å². The van der Waals surface area contributed by atoms with Crippen LogP contribution >= 0.6 is 15.9 Å². The molecule has 2 unspecified atom stereocenters. The normalized spacial score (nSPS) is 29.5. The molecule has 3 N–H and O–H groups in total. The Balaban J connectivity index is 1.81. The maximum Gasteiger partial charge on any atom is 0.252 e. The topological polar surface area (TPSA) is 64.4 Å². The first-order chi connectivity index (χ1) is 8.65. The van der Waals surface area contributed by atoms with Gasteiger partial charge in [-0.1, -0.05) is 15.9 Å². The molecule has 4 nitrogen and oxygen atoms in total. The highest BCUT2D eigenvalue weighted by atomic mass is 79.9. The fraction of sp³-hybridized carbons (Fsp3) is 0.462. The van der Waals surface area contributed by atoms with Gasteiger partial charge < -0.3 is 15.8 Å². The van der Waals surface area contributed by atoms with E-state index in [4.69, 9.17) is 10.5 Å². The van der Waals surface area contributed by atoms with Crippen molar-refractivity contribution in [2.75, 3.05) is 6.54 Å². The van der Waals surface area contributed by atoms with Crippen LogP contribution in [0.25, 0.3) is 0 Å². The highest BCUT2D eigenvalue weighted by molar-refractivity contribution is 9.10. The molecule has 3 atom stereocenters. The van der Waals surface area contributed by atoms with E-state index in [1.54, 1.807) is 6.07 Å². The maximum atomic E-state index is 11.4. The Morgan fingerprint density at radius 1 is 1.50 bits per heavy atom. The summed E-state index contributed by atoms with van der Waals surface area (Å²) in [7, 11) is 0. The van der Waals surface area contributed by atoms with Gasteiger partial charge in [0.2, 0.25) is 0 Å². The molecular formula is C13H15BrN2O2. The van der Waals surface area contributed by atoms with Crippen molar-refractivity contribution in [2.45, 2.75) is 25.0 Å². The van der Waals surface area contributed by atoms with E-state index in [0.717, 1.165) is 17.4 Å². The van der Waals surface area contributed by atoms with Gasteiger partial charge in [0.25, 0.3) is 5.91 Å². The number of amides is 1. The molecule has 1 amide bonds. The van der Waals surface area contributed by atoms with Gasteiger partial charge >= 0.3 is 0 Å². The van der Waals surface area contributed by atoms with E-state index in [1.807, 2.05) is 12.1 Å². The number of primary amides is 1. The number of fused-ring (bicyclic) bond motifs is 1. The first-order valence-corrected chi connectivity index (χ1v) is 6.94. The van der Waals surface area contributed by atoms with Crippen molar-refractivity contribution in [3.8, 4) is 5.75 Å². The minimum atomic E-state index is -0.451. The zero-order valence-electron chi connectivity index (χ0n) is 9.86. The standard InChI is InChI=1S/C13H15BrN2O2/c14-7-1-2-11(9(5-7)13(15)17)18-12-3-4-16-10-6-8(10)12/h1-2,5,8,10,12,16H,3-4,6H2,(H2,15,17)/t8-,10?,12?/m1/s1. The minimum Gasteiger partial charge on any atom is -0.489 e. The lowest BCUT2D eigenvalue weighted by Gasteiger charge is -2.24. The summed E-state index contributed by atoms with van der Waals surface area (Å²) < 4.78 is 6.83. The van der Waals surface area contributed by atoms with E-state index >= 15 is 0 Å². The molecule has 1 aliphatic heterocycles. The van der Waals surface area contributed by atoms with Crippen molar-refractivity contribution in [3.05, 3.63) is 28.2 Å². The first kappa shape index (κ1) is 12.0. The number of rotatable bonds is 3.